The fourth-order valence-electron chi connectivity index (χ4n) is 6.11. The van der Waals surface area contributed by atoms with Crippen molar-refractivity contribution in [2.75, 3.05) is 38.7 Å². The van der Waals surface area contributed by atoms with Crippen molar-refractivity contribution in [2.45, 2.75) is 58.3 Å². The first-order chi connectivity index (χ1) is 20.7. The first-order valence-corrected chi connectivity index (χ1v) is 14.8. The molecule has 6 rings (SSSR count). The van der Waals surface area contributed by atoms with E-state index in [-0.39, 0.29) is 23.9 Å². The van der Waals surface area contributed by atoms with Crippen LogP contribution in [-0.4, -0.2) is 84.7 Å². The first-order valence-electron chi connectivity index (χ1n) is 14.8. The minimum atomic E-state index is -0.887. The lowest BCUT2D eigenvalue weighted by Gasteiger charge is -2.25. The first kappa shape index (κ1) is 28.8. The number of anilines is 1. The predicted molar refractivity (Wildman–Crippen MR) is 164 cm³/mol. The number of hydrogen-bond donors (Lipinski definition) is 2. The van der Waals surface area contributed by atoms with Gasteiger partial charge in [-0.05, 0) is 57.7 Å². The van der Waals surface area contributed by atoms with Gasteiger partial charge in [0.2, 0.25) is 0 Å². The van der Waals surface area contributed by atoms with Crippen LogP contribution in [0, 0.1) is 6.92 Å². The third kappa shape index (κ3) is 5.59. The van der Waals surface area contributed by atoms with E-state index >= 15 is 0 Å². The summed E-state index contributed by atoms with van der Waals surface area (Å²) in [4.78, 5) is 34.4. The Balaban J connectivity index is 1.01. The van der Waals surface area contributed by atoms with E-state index in [9.17, 15) is 14.7 Å². The lowest BCUT2D eigenvalue weighted by molar-refractivity contribution is 0.0622. The molecule has 0 saturated carbocycles. The standard InChI is InChI=1S/C33H38N4O6/c1-19-10-22-16-34-25-14-30(29(41-4)13-24(25)32(39)36(22)17-19)43-9-7-5-6-8-42-28-15-26-23(12-21(28)3)33(40)37-18-20(2)11-27(37)31(38)35-26/h10-16,22,27,31,35,38H,5-9,17-18H2,1-4H3/t22-,27-,31?/m0/s1. The molecule has 2 aromatic carbocycles. The number of rotatable bonds is 9. The average molecular weight is 587 g/mol. The van der Waals surface area contributed by atoms with Crippen molar-refractivity contribution < 1.29 is 28.9 Å². The lowest BCUT2D eigenvalue weighted by atomic mass is 10.1. The molecule has 0 aliphatic carbocycles. The molecule has 226 valence electrons. The number of aliphatic hydroxyl groups excluding tert-OH is 1. The second-order valence-corrected chi connectivity index (χ2v) is 11.7. The van der Waals surface area contributed by atoms with Gasteiger partial charge < -0.3 is 34.4 Å². The molecule has 4 heterocycles. The maximum Gasteiger partial charge on any atom is 0.257 e. The van der Waals surface area contributed by atoms with Crippen molar-refractivity contribution in [3.8, 4) is 17.2 Å². The van der Waals surface area contributed by atoms with Crippen LogP contribution in [0.5, 0.6) is 17.2 Å². The van der Waals surface area contributed by atoms with E-state index in [1.165, 1.54) is 0 Å². The van der Waals surface area contributed by atoms with E-state index < -0.39 is 6.23 Å². The summed E-state index contributed by atoms with van der Waals surface area (Å²) in [6.45, 7) is 8.02. The second kappa shape index (κ2) is 11.8. The molecule has 2 aromatic rings. The van der Waals surface area contributed by atoms with Crippen molar-refractivity contribution >= 4 is 29.4 Å². The molecular weight excluding hydrogens is 548 g/mol. The van der Waals surface area contributed by atoms with Gasteiger partial charge in [0, 0.05) is 31.4 Å². The Morgan fingerprint density at radius 2 is 1.56 bits per heavy atom. The zero-order valence-corrected chi connectivity index (χ0v) is 25.1. The van der Waals surface area contributed by atoms with Gasteiger partial charge in [-0.15, -0.1) is 0 Å². The molecule has 2 amide bonds. The Hall–Kier alpha value is -4.31. The lowest BCUT2D eigenvalue weighted by Crippen LogP contribution is -2.43. The number of unbranched alkanes of at least 4 members (excludes halogenated alkanes) is 2. The minimum Gasteiger partial charge on any atom is -0.493 e. The van der Waals surface area contributed by atoms with Gasteiger partial charge in [0.1, 0.15) is 12.0 Å². The summed E-state index contributed by atoms with van der Waals surface area (Å²) in [7, 11) is 1.57. The molecule has 4 aliphatic rings. The number of methoxy groups -OCH3 is 1. The predicted octanol–water partition coefficient (Wildman–Crippen LogP) is 4.63. The molecule has 1 unspecified atom stereocenters. The van der Waals surface area contributed by atoms with Gasteiger partial charge in [0.15, 0.2) is 11.5 Å². The number of carbonyl (C=O) groups is 2. The molecule has 2 N–H and O–H groups in total. The normalized spacial score (nSPS) is 22.0. The Bertz CT molecular complexity index is 1550. The van der Waals surface area contributed by atoms with Crippen LogP contribution in [0.25, 0.3) is 0 Å². The number of amides is 2. The molecule has 0 spiro atoms. The highest BCUT2D eigenvalue weighted by atomic mass is 16.5. The van der Waals surface area contributed by atoms with Gasteiger partial charge in [-0.2, -0.15) is 0 Å². The van der Waals surface area contributed by atoms with E-state index in [0.29, 0.717) is 66.1 Å². The third-order valence-electron chi connectivity index (χ3n) is 8.35. The van der Waals surface area contributed by atoms with E-state index in [4.69, 9.17) is 14.2 Å². The van der Waals surface area contributed by atoms with Crippen LogP contribution in [0.15, 0.2) is 52.6 Å². The van der Waals surface area contributed by atoms with Crippen LogP contribution in [0.1, 0.15) is 59.4 Å². The summed E-state index contributed by atoms with van der Waals surface area (Å²) < 4.78 is 17.7. The van der Waals surface area contributed by atoms with Crippen LogP contribution < -0.4 is 19.5 Å². The van der Waals surface area contributed by atoms with Crippen LogP contribution in [0.3, 0.4) is 0 Å². The number of nitrogens with one attached hydrogen (secondary N) is 1. The van der Waals surface area contributed by atoms with Crippen LogP contribution in [0.2, 0.25) is 0 Å². The summed E-state index contributed by atoms with van der Waals surface area (Å²) >= 11 is 0. The summed E-state index contributed by atoms with van der Waals surface area (Å²) in [5.74, 6) is 1.60. The minimum absolute atomic E-state index is 0.0636. The fraction of sp³-hybridized carbons (Fsp3) is 0.424. The molecule has 3 atom stereocenters. The van der Waals surface area contributed by atoms with E-state index in [1.807, 2.05) is 39.0 Å². The van der Waals surface area contributed by atoms with Crippen LogP contribution in [-0.2, 0) is 0 Å². The number of fused-ring (bicyclic) bond motifs is 4. The zero-order valence-electron chi connectivity index (χ0n) is 25.1. The third-order valence-corrected chi connectivity index (χ3v) is 8.35. The van der Waals surface area contributed by atoms with E-state index in [0.717, 1.165) is 36.0 Å². The number of hydrogen-bond acceptors (Lipinski definition) is 8. The monoisotopic (exact) mass is 586 g/mol. The van der Waals surface area contributed by atoms with Crippen molar-refractivity contribution in [1.29, 1.82) is 0 Å². The second-order valence-electron chi connectivity index (χ2n) is 11.7. The Morgan fingerprint density at radius 3 is 2.33 bits per heavy atom. The Labute approximate surface area is 251 Å². The number of aryl methyl sites for hydroxylation is 1. The largest absolute Gasteiger partial charge is 0.493 e. The van der Waals surface area contributed by atoms with Crippen LogP contribution in [0.4, 0.5) is 11.4 Å². The fourth-order valence-corrected chi connectivity index (χ4v) is 6.11. The molecule has 0 radical (unpaired) electrons. The quantitative estimate of drug-likeness (QED) is 0.325. The summed E-state index contributed by atoms with van der Waals surface area (Å²) in [5, 5.41) is 13.8. The van der Waals surface area contributed by atoms with Gasteiger partial charge in [-0.25, -0.2) is 0 Å². The van der Waals surface area contributed by atoms with Crippen LogP contribution >= 0.6 is 0 Å². The van der Waals surface area contributed by atoms with Crippen molar-refractivity contribution in [3.63, 3.8) is 0 Å². The number of aliphatic hydroxyl groups is 1. The highest BCUT2D eigenvalue weighted by Crippen LogP contribution is 2.38. The molecule has 0 saturated heterocycles. The molecule has 10 heteroatoms. The molecular formula is C33H38N4O6. The zero-order chi connectivity index (χ0) is 30.2. The summed E-state index contributed by atoms with van der Waals surface area (Å²) in [5.41, 5.74) is 5.32. The van der Waals surface area contributed by atoms with E-state index in [2.05, 4.69) is 16.4 Å². The van der Waals surface area contributed by atoms with Crippen molar-refractivity contribution in [3.05, 3.63) is 64.3 Å². The van der Waals surface area contributed by atoms with Crippen molar-refractivity contribution in [1.82, 2.24) is 9.80 Å². The molecule has 4 aliphatic heterocycles. The maximum atomic E-state index is 13.2. The number of aliphatic imine (C=N–C) groups is 1. The average Bonchev–Trinajstić information content (AvgIpc) is 3.52. The van der Waals surface area contributed by atoms with Gasteiger partial charge in [0.05, 0.1) is 54.9 Å². The number of benzene rings is 2. The molecule has 0 aromatic heterocycles. The van der Waals surface area contributed by atoms with Gasteiger partial charge in [0.25, 0.3) is 11.8 Å². The van der Waals surface area contributed by atoms with E-state index in [1.54, 1.807) is 35.3 Å². The number of nitrogens with zero attached hydrogens (tertiary/aromatic N) is 3. The Kier molecular flexibility index (Phi) is 7.87. The topological polar surface area (TPSA) is 113 Å². The summed E-state index contributed by atoms with van der Waals surface area (Å²) in [6, 6.07) is 6.64. The summed E-state index contributed by atoms with van der Waals surface area (Å²) in [6.07, 6.45) is 7.42. The highest BCUT2D eigenvalue weighted by Gasteiger charge is 2.38. The van der Waals surface area contributed by atoms with Gasteiger partial charge >= 0.3 is 0 Å². The van der Waals surface area contributed by atoms with Gasteiger partial charge in [-0.1, -0.05) is 23.3 Å². The molecule has 0 bridgehead atoms. The smallest absolute Gasteiger partial charge is 0.257 e. The Morgan fingerprint density at radius 1 is 0.860 bits per heavy atom. The van der Waals surface area contributed by atoms with Crippen molar-refractivity contribution in [2.24, 2.45) is 4.99 Å². The SMILES string of the molecule is COc1cc2c(cc1OCCCCCOc1cc3c(cc1C)C(=O)N1CC(C)=C[C@H]1C(O)N3)N=C[C@@H]1C=C(C)CN1C2=O. The maximum absolute atomic E-state index is 13.2. The molecule has 10 nitrogen and oxygen atoms in total. The highest BCUT2D eigenvalue weighted by molar-refractivity contribution is 6.04. The number of ether oxygens (including phenoxy) is 3. The molecule has 43 heavy (non-hydrogen) atoms. The molecule has 0 fully saturated rings. The van der Waals surface area contributed by atoms with Gasteiger partial charge in [-0.3, -0.25) is 14.6 Å². The number of carbonyl (C=O) groups excluding carboxylic acids is 2.